The summed E-state index contributed by atoms with van der Waals surface area (Å²) >= 11 is 0. The summed E-state index contributed by atoms with van der Waals surface area (Å²) in [4.78, 5) is 0. The van der Waals surface area contributed by atoms with Crippen LogP contribution in [0.3, 0.4) is 0 Å². The van der Waals surface area contributed by atoms with Crippen LogP contribution in [0.4, 0.5) is 0 Å². The third-order valence-electron chi connectivity index (χ3n) is 1.99. The van der Waals surface area contributed by atoms with Crippen molar-refractivity contribution in [1.29, 1.82) is 0 Å². The average molecular weight is 160 g/mol. The summed E-state index contributed by atoms with van der Waals surface area (Å²) in [5, 5.41) is 8.52. The topological polar surface area (TPSA) is 29.5 Å². The molecule has 0 saturated carbocycles. The average Bonchev–Trinajstić information content (AvgIpc) is 1.99. The lowest BCUT2D eigenvalue weighted by Crippen LogP contribution is -2.21. The highest BCUT2D eigenvalue weighted by Gasteiger charge is 2.14. The molecule has 11 heavy (non-hydrogen) atoms. The lowest BCUT2D eigenvalue weighted by atomic mass is 10.0. The van der Waals surface area contributed by atoms with E-state index in [-0.39, 0.29) is 5.60 Å². The Morgan fingerprint density at radius 1 is 1.18 bits per heavy atom. The van der Waals surface area contributed by atoms with Gasteiger partial charge in [-0.3, -0.25) is 0 Å². The molecule has 0 fully saturated rings. The molecule has 0 aromatic rings. The van der Waals surface area contributed by atoms with Crippen LogP contribution in [0.15, 0.2) is 0 Å². The summed E-state index contributed by atoms with van der Waals surface area (Å²) in [6, 6.07) is 0. The van der Waals surface area contributed by atoms with Crippen LogP contribution in [0.5, 0.6) is 0 Å². The largest absolute Gasteiger partial charge is 0.396 e. The van der Waals surface area contributed by atoms with Gasteiger partial charge in [-0.15, -0.1) is 0 Å². The van der Waals surface area contributed by atoms with Crippen LogP contribution in [0.2, 0.25) is 0 Å². The van der Waals surface area contributed by atoms with Gasteiger partial charge in [0.25, 0.3) is 0 Å². The molecule has 0 bridgehead atoms. The fourth-order valence-electron chi connectivity index (χ4n) is 0.941. The standard InChI is InChI=1S/C9H20O2/c1-9(2,11-3)7-5-4-6-8-10/h10H,4-8H2,1-3H3. The zero-order valence-electron chi connectivity index (χ0n) is 7.89. The number of unbranched alkanes of at least 4 members (excludes halogenated alkanes) is 2. The minimum absolute atomic E-state index is 0.00938. The number of rotatable bonds is 6. The first-order chi connectivity index (χ1) is 5.12. The second-order valence-electron chi connectivity index (χ2n) is 3.50. The first-order valence-corrected chi connectivity index (χ1v) is 4.28. The highest BCUT2D eigenvalue weighted by molar-refractivity contribution is 4.66. The normalized spacial score (nSPS) is 12.0. The lowest BCUT2D eigenvalue weighted by molar-refractivity contribution is 0.0132. The van der Waals surface area contributed by atoms with Gasteiger partial charge in [0.15, 0.2) is 0 Å². The number of aliphatic hydroxyl groups excluding tert-OH is 1. The maximum absolute atomic E-state index is 8.52. The third-order valence-corrected chi connectivity index (χ3v) is 1.99. The molecule has 0 aromatic heterocycles. The fourth-order valence-corrected chi connectivity index (χ4v) is 0.941. The number of methoxy groups -OCH3 is 1. The van der Waals surface area contributed by atoms with Gasteiger partial charge in [0, 0.05) is 13.7 Å². The summed E-state index contributed by atoms with van der Waals surface area (Å²) < 4.78 is 5.26. The molecular weight excluding hydrogens is 140 g/mol. The molecule has 0 atom stereocenters. The Morgan fingerprint density at radius 2 is 1.82 bits per heavy atom. The molecule has 0 unspecified atom stereocenters. The minimum atomic E-state index is 0.00938. The molecule has 0 aromatic carbocycles. The van der Waals surface area contributed by atoms with Crippen LogP contribution in [-0.4, -0.2) is 24.4 Å². The van der Waals surface area contributed by atoms with E-state index in [4.69, 9.17) is 9.84 Å². The second-order valence-corrected chi connectivity index (χ2v) is 3.50. The smallest absolute Gasteiger partial charge is 0.0622 e. The van der Waals surface area contributed by atoms with Crippen molar-refractivity contribution in [3.05, 3.63) is 0 Å². The molecule has 0 heterocycles. The molecule has 2 heteroatoms. The first-order valence-electron chi connectivity index (χ1n) is 4.28. The number of hydrogen-bond acceptors (Lipinski definition) is 2. The van der Waals surface area contributed by atoms with E-state index in [9.17, 15) is 0 Å². The van der Waals surface area contributed by atoms with Gasteiger partial charge < -0.3 is 9.84 Å². The molecule has 68 valence electrons. The summed E-state index contributed by atoms with van der Waals surface area (Å²) in [7, 11) is 1.74. The van der Waals surface area contributed by atoms with Gasteiger partial charge in [0.1, 0.15) is 0 Å². The molecule has 0 amide bonds. The number of ether oxygens (including phenoxy) is 1. The summed E-state index contributed by atoms with van der Waals surface area (Å²) in [5.41, 5.74) is 0.00938. The number of hydrogen-bond donors (Lipinski definition) is 1. The molecule has 0 spiro atoms. The van der Waals surface area contributed by atoms with Crippen LogP contribution in [0.25, 0.3) is 0 Å². The van der Waals surface area contributed by atoms with Gasteiger partial charge in [0.05, 0.1) is 5.60 Å². The Balaban J connectivity index is 3.23. The first kappa shape index (κ1) is 10.9. The van der Waals surface area contributed by atoms with Crippen molar-refractivity contribution < 1.29 is 9.84 Å². The molecular formula is C9H20O2. The van der Waals surface area contributed by atoms with Gasteiger partial charge in [-0.25, -0.2) is 0 Å². The zero-order chi connectivity index (χ0) is 8.74. The monoisotopic (exact) mass is 160 g/mol. The third kappa shape index (κ3) is 6.32. The lowest BCUT2D eigenvalue weighted by Gasteiger charge is -2.22. The Morgan fingerprint density at radius 3 is 2.27 bits per heavy atom. The van der Waals surface area contributed by atoms with Gasteiger partial charge in [0.2, 0.25) is 0 Å². The molecule has 2 nitrogen and oxygen atoms in total. The predicted molar refractivity (Wildman–Crippen MR) is 46.6 cm³/mol. The molecule has 0 radical (unpaired) electrons. The summed E-state index contributed by atoms with van der Waals surface area (Å²) in [6.45, 7) is 4.49. The Hall–Kier alpha value is -0.0800. The van der Waals surface area contributed by atoms with E-state index in [0.29, 0.717) is 6.61 Å². The van der Waals surface area contributed by atoms with Crippen LogP contribution < -0.4 is 0 Å². The van der Waals surface area contributed by atoms with E-state index in [1.165, 1.54) is 0 Å². The Bertz CT molecular complexity index is 89.6. The molecule has 0 aliphatic heterocycles. The molecule has 1 N–H and O–H groups in total. The molecule has 0 aliphatic carbocycles. The van der Waals surface area contributed by atoms with Crippen molar-refractivity contribution in [3.63, 3.8) is 0 Å². The van der Waals surface area contributed by atoms with E-state index in [1.54, 1.807) is 7.11 Å². The van der Waals surface area contributed by atoms with Gasteiger partial charge in [-0.05, 0) is 26.7 Å². The fraction of sp³-hybridized carbons (Fsp3) is 1.00. The molecule has 0 rings (SSSR count). The van der Waals surface area contributed by atoms with Crippen molar-refractivity contribution in [3.8, 4) is 0 Å². The summed E-state index contributed by atoms with van der Waals surface area (Å²) in [6.07, 6.45) is 4.23. The number of aliphatic hydroxyl groups is 1. The SMILES string of the molecule is COC(C)(C)CCCCCO. The van der Waals surface area contributed by atoms with Crippen molar-refractivity contribution in [2.45, 2.75) is 45.1 Å². The predicted octanol–water partition coefficient (Wildman–Crippen LogP) is 1.96. The Labute approximate surface area is 69.6 Å². The van der Waals surface area contributed by atoms with Crippen LogP contribution in [0.1, 0.15) is 39.5 Å². The quantitative estimate of drug-likeness (QED) is 0.602. The van der Waals surface area contributed by atoms with E-state index in [1.807, 2.05) is 0 Å². The molecule has 0 saturated heterocycles. The van der Waals surface area contributed by atoms with E-state index in [0.717, 1.165) is 25.7 Å². The molecule has 0 aliphatic rings. The van der Waals surface area contributed by atoms with Gasteiger partial charge in [-0.1, -0.05) is 12.8 Å². The highest BCUT2D eigenvalue weighted by Crippen LogP contribution is 2.16. The maximum Gasteiger partial charge on any atom is 0.0622 e. The van der Waals surface area contributed by atoms with Crippen molar-refractivity contribution in [2.24, 2.45) is 0 Å². The van der Waals surface area contributed by atoms with Gasteiger partial charge in [-0.2, -0.15) is 0 Å². The highest BCUT2D eigenvalue weighted by atomic mass is 16.5. The van der Waals surface area contributed by atoms with Crippen molar-refractivity contribution in [1.82, 2.24) is 0 Å². The van der Waals surface area contributed by atoms with Crippen molar-refractivity contribution in [2.75, 3.05) is 13.7 Å². The maximum atomic E-state index is 8.52. The Kier molecular flexibility index (Phi) is 5.51. The second kappa shape index (κ2) is 5.56. The van der Waals surface area contributed by atoms with E-state index in [2.05, 4.69) is 13.8 Å². The zero-order valence-corrected chi connectivity index (χ0v) is 7.89. The minimum Gasteiger partial charge on any atom is -0.396 e. The van der Waals surface area contributed by atoms with E-state index < -0.39 is 0 Å². The van der Waals surface area contributed by atoms with Crippen molar-refractivity contribution >= 4 is 0 Å². The van der Waals surface area contributed by atoms with Crippen LogP contribution in [-0.2, 0) is 4.74 Å². The van der Waals surface area contributed by atoms with Gasteiger partial charge >= 0.3 is 0 Å². The van der Waals surface area contributed by atoms with Crippen LogP contribution in [0, 0.1) is 0 Å². The van der Waals surface area contributed by atoms with E-state index >= 15 is 0 Å². The summed E-state index contributed by atoms with van der Waals surface area (Å²) in [5.74, 6) is 0. The van der Waals surface area contributed by atoms with Crippen LogP contribution >= 0.6 is 0 Å².